The van der Waals surface area contributed by atoms with E-state index < -0.39 is 11.7 Å². The molecule has 2 atom stereocenters. The van der Waals surface area contributed by atoms with Crippen LogP contribution in [0.4, 0.5) is 4.79 Å². The number of carbonyl (C=O) groups excluding carboxylic acids is 1. The Morgan fingerprint density at radius 1 is 1.30 bits per heavy atom. The molecule has 0 aliphatic carbocycles. The van der Waals surface area contributed by atoms with Gasteiger partial charge >= 0.3 is 6.09 Å². The molecule has 1 saturated heterocycles. The number of aryl methyl sites for hydroxylation is 1. The average Bonchev–Trinajstić information content (AvgIpc) is 2.46. The van der Waals surface area contributed by atoms with Gasteiger partial charge in [-0.05, 0) is 58.9 Å². The normalized spacial score (nSPS) is 20.2. The number of rotatable bonds is 3. The molecule has 0 aromatic heterocycles. The van der Waals surface area contributed by atoms with Crippen LogP contribution in [0.1, 0.15) is 63.7 Å². The van der Waals surface area contributed by atoms with E-state index in [-0.39, 0.29) is 12.1 Å². The van der Waals surface area contributed by atoms with Crippen molar-refractivity contribution in [3.05, 3.63) is 35.4 Å². The lowest BCUT2D eigenvalue weighted by Crippen LogP contribution is -2.46. The fourth-order valence-electron chi connectivity index (χ4n) is 2.99. The summed E-state index contributed by atoms with van der Waals surface area (Å²) in [5.74, 6) is 0. The zero-order valence-corrected chi connectivity index (χ0v) is 14.7. The minimum Gasteiger partial charge on any atom is -0.444 e. The molecule has 1 fully saturated rings. The van der Waals surface area contributed by atoms with Crippen molar-refractivity contribution in [3.8, 4) is 0 Å². The van der Waals surface area contributed by atoms with Gasteiger partial charge in [-0.2, -0.15) is 0 Å². The molecular weight excluding hydrogens is 290 g/mol. The Bertz CT molecular complexity index is 518. The van der Waals surface area contributed by atoms with E-state index in [2.05, 4.69) is 0 Å². The number of amides is 1. The van der Waals surface area contributed by atoms with Gasteiger partial charge in [0.05, 0.1) is 6.10 Å². The standard InChI is InChI=1S/C19H29NO3/c1-14-8-10-15(11-9-14)17(21)13-16-7-5-6-12-20(16)18(22)23-19(2,3)4/h8-11,16-17,21H,5-7,12-13H2,1-4H3. The number of carbonyl (C=O) groups is 1. The van der Waals surface area contributed by atoms with Gasteiger partial charge in [0, 0.05) is 12.6 Å². The number of aliphatic hydroxyl groups is 1. The molecule has 1 aliphatic heterocycles. The van der Waals surface area contributed by atoms with Crippen LogP contribution in [0.25, 0.3) is 0 Å². The minimum absolute atomic E-state index is 0.0369. The van der Waals surface area contributed by atoms with E-state index >= 15 is 0 Å². The molecule has 1 N–H and O–H groups in total. The molecular formula is C19H29NO3. The molecule has 2 unspecified atom stereocenters. The Balaban J connectivity index is 2.03. The minimum atomic E-state index is -0.552. The van der Waals surface area contributed by atoms with Crippen LogP contribution in [0.5, 0.6) is 0 Å². The van der Waals surface area contributed by atoms with Crippen molar-refractivity contribution in [2.45, 2.75) is 71.1 Å². The monoisotopic (exact) mass is 319 g/mol. The molecule has 4 nitrogen and oxygen atoms in total. The van der Waals surface area contributed by atoms with Gasteiger partial charge in [0.25, 0.3) is 0 Å². The Morgan fingerprint density at radius 3 is 2.57 bits per heavy atom. The summed E-state index contributed by atoms with van der Waals surface area (Å²) in [7, 11) is 0. The van der Waals surface area contributed by atoms with Crippen LogP contribution in [0.15, 0.2) is 24.3 Å². The van der Waals surface area contributed by atoms with Crippen molar-refractivity contribution >= 4 is 6.09 Å². The van der Waals surface area contributed by atoms with E-state index in [1.165, 1.54) is 5.56 Å². The maximum absolute atomic E-state index is 12.4. The van der Waals surface area contributed by atoms with Crippen LogP contribution in [0.3, 0.4) is 0 Å². The van der Waals surface area contributed by atoms with Crippen LogP contribution >= 0.6 is 0 Å². The molecule has 0 bridgehead atoms. The summed E-state index contributed by atoms with van der Waals surface area (Å²) in [5.41, 5.74) is 1.59. The third kappa shape index (κ3) is 5.24. The smallest absolute Gasteiger partial charge is 0.410 e. The Labute approximate surface area is 139 Å². The number of aliphatic hydroxyl groups excluding tert-OH is 1. The average molecular weight is 319 g/mol. The second-order valence-corrected chi connectivity index (χ2v) is 7.49. The molecule has 1 amide bonds. The molecule has 4 heteroatoms. The Morgan fingerprint density at radius 2 is 1.96 bits per heavy atom. The molecule has 0 radical (unpaired) electrons. The van der Waals surface area contributed by atoms with Gasteiger partial charge in [0.1, 0.15) is 5.60 Å². The van der Waals surface area contributed by atoms with E-state index in [4.69, 9.17) is 4.74 Å². The zero-order chi connectivity index (χ0) is 17.0. The molecule has 128 valence electrons. The molecule has 1 aromatic rings. The molecule has 1 aromatic carbocycles. The summed E-state index contributed by atoms with van der Waals surface area (Å²) in [6, 6.07) is 7.96. The number of hydrogen-bond donors (Lipinski definition) is 1. The second-order valence-electron chi connectivity index (χ2n) is 7.49. The summed E-state index contributed by atoms with van der Waals surface area (Å²) in [6.07, 6.45) is 2.74. The van der Waals surface area contributed by atoms with Gasteiger partial charge in [-0.3, -0.25) is 0 Å². The topological polar surface area (TPSA) is 49.8 Å². The summed E-state index contributed by atoms with van der Waals surface area (Å²) >= 11 is 0. The summed E-state index contributed by atoms with van der Waals surface area (Å²) in [6.45, 7) is 8.38. The first kappa shape index (κ1) is 17.8. The lowest BCUT2D eigenvalue weighted by molar-refractivity contribution is 0.00237. The van der Waals surface area contributed by atoms with Crippen molar-refractivity contribution in [1.82, 2.24) is 4.90 Å². The first-order chi connectivity index (χ1) is 10.8. The van der Waals surface area contributed by atoms with Crippen molar-refractivity contribution in [3.63, 3.8) is 0 Å². The molecule has 1 heterocycles. The first-order valence-electron chi connectivity index (χ1n) is 8.50. The number of hydrogen-bond acceptors (Lipinski definition) is 3. The third-order valence-corrected chi connectivity index (χ3v) is 4.21. The number of likely N-dealkylation sites (tertiary alicyclic amines) is 1. The third-order valence-electron chi connectivity index (χ3n) is 4.21. The summed E-state index contributed by atoms with van der Waals surface area (Å²) in [4.78, 5) is 14.2. The van der Waals surface area contributed by atoms with Crippen molar-refractivity contribution < 1.29 is 14.6 Å². The van der Waals surface area contributed by atoms with E-state index in [1.54, 1.807) is 4.90 Å². The van der Waals surface area contributed by atoms with Crippen LogP contribution in [-0.4, -0.2) is 34.3 Å². The quantitative estimate of drug-likeness (QED) is 0.908. The molecule has 0 spiro atoms. The summed E-state index contributed by atoms with van der Waals surface area (Å²) < 4.78 is 5.52. The molecule has 0 saturated carbocycles. The highest BCUT2D eigenvalue weighted by atomic mass is 16.6. The SMILES string of the molecule is Cc1ccc(C(O)CC2CCCCN2C(=O)OC(C)(C)C)cc1. The number of benzene rings is 1. The van der Waals surface area contributed by atoms with Gasteiger partial charge < -0.3 is 14.7 Å². The highest BCUT2D eigenvalue weighted by Gasteiger charge is 2.31. The highest BCUT2D eigenvalue weighted by Crippen LogP contribution is 2.28. The Hall–Kier alpha value is -1.55. The predicted octanol–water partition coefficient (Wildman–Crippen LogP) is 4.21. The van der Waals surface area contributed by atoms with Crippen molar-refractivity contribution in [1.29, 1.82) is 0 Å². The Kier molecular flexibility index (Phi) is 5.69. The first-order valence-corrected chi connectivity index (χ1v) is 8.50. The van der Waals surface area contributed by atoms with Crippen molar-refractivity contribution in [2.75, 3.05) is 6.54 Å². The maximum Gasteiger partial charge on any atom is 0.410 e. The second kappa shape index (κ2) is 7.35. The van der Waals surface area contributed by atoms with Gasteiger partial charge in [0.15, 0.2) is 0 Å². The zero-order valence-electron chi connectivity index (χ0n) is 14.7. The largest absolute Gasteiger partial charge is 0.444 e. The van der Waals surface area contributed by atoms with E-state index in [9.17, 15) is 9.90 Å². The maximum atomic E-state index is 12.4. The van der Waals surface area contributed by atoms with Crippen LogP contribution in [0, 0.1) is 6.92 Å². The predicted molar refractivity (Wildman–Crippen MR) is 91.3 cm³/mol. The number of piperidine rings is 1. The lowest BCUT2D eigenvalue weighted by Gasteiger charge is -2.37. The number of nitrogens with zero attached hydrogens (tertiary/aromatic N) is 1. The van der Waals surface area contributed by atoms with Crippen molar-refractivity contribution in [2.24, 2.45) is 0 Å². The number of ether oxygens (including phenoxy) is 1. The summed E-state index contributed by atoms with van der Waals surface area (Å²) in [5, 5.41) is 10.5. The molecule has 1 aliphatic rings. The van der Waals surface area contributed by atoms with Gasteiger partial charge in [-0.15, -0.1) is 0 Å². The lowest BCUT2D eigenvalue weighted by atomic mass is 9.94. The van der Waals surface area contributed by atoms with Gasteiger partial charge in [-0.25, -0.2) is 4.79 Å². The van der Waals surface area contributed by atoms with Gasteiger partial charge in [0.2, 0.25) is 0 Å². The molecule has 23 heavy (non-hydrogen) atoms. The van der Waals surface area contributed by atoms with Crippen LogP contribution in [0.2, 0.25) is 0 Å². The molecule has 2 rings (SSSR count). The van der Waals surface area contributed by atoms with E-state index in [0.717, 1.165) is 24.8 Å². The highest BCUT2D eigenvalue weighted by molar-refractivity contribution is 5.68. The van der Waals surface area contributed by atoms with Gasteiger partial charge in [-0.1, -0.05) is 29.8 Å². The van der Waals surface area contributed by atoms with E-state index in [0.29, 0.717) is 13.0 Å². The van der Waals surface area contributed by atoms with E-state index in [1.807, 2.05) is 52.0 Å². The fraction of sp³-hybridized carbons (Fsp3) is 0.632. The van der Waals surface area contributed by atoms with Crippen LogP contribution < -0.4 is 0 Å². The fourth-order valence-corrected chi connectivity index (χ4v) is 2.99. The van der Waals surface area contributed by atoms with Crippen LogP contribution in [-0.2, 0) is 4.74 Å².